The fourth-order valence-electron chi connectivity index (χ4n) is 3.62. The largest absolute Gasteiger partial charge is 0.481 e. The Balaban J connectivity index is 2.10. The number of aliphatic carboxylic acids is 1. The smallest absolute Gasteiger partial charge is 0.307 e. The molecule has 0 aromatic carbocycles. The molecule has 0 saturated heterocycles. The second kappa shape index (κ2) is 5.24. The third-order valence-electron chi connectivity index (χ3n) is 4.95. The van der Waals surface area contributed by atoms with Crippen molar-refractivity contribution < 1.29 is 9.90 Å². The van der Waals surface area contributed by atoms with Crippen LogP contribution >= 0.6 is 0 Å². The molecule has 0 aromatic heterocycles. The molecule has 0 heterocycles. The molecule has 96 valence electrons. The van der Waals surface area contributed by atoms with Crippen molar-refractivity contribution in [3.8, 4) is 0 Å². The lowest BCUT2D eigenvalue weighted by molar-refractivity contribution is -0.144. The summed E-state index contributed by atoms with van der Waals surface area (Å²) in [4.78, 5) is 11.2. The van der Waals surface area contributed by atoms with Gasteiger partial charge in [-0.05, 0) is 37.0 Å². The predicted molar refractivity (Wildman–Crippen MR) is 68.7 cm³/mol. The van der Waals surface area contributed by atoms with Crippen molar-refractivity contribution in [2.24, 2.45) is 23.7 Å². The first-order chi connectivity index (χ1) is 8.11. The van der Waals surface area contributed by atoms with E-state index in [9.17, 15) is 9.90 Å². The summed E-state index contributed by atoms with van der Waals surface area (Å²) in [6, 6.07) is 0. The molecule has 2 heteroatoms. The maximum Gasteiger partial charge on any atom is 0.307 e. The van der Waals surface area contributed by atoms with Gasteiger partial charge in [-0.1, -0.05) is 44.8 Å². The number of carbonyl (C=O) groups is 1. The molecule has 0 spiro atoms. The van der Waals surface area contributed by atoms with Crippen LogP contribution < -0.4 is 0 Å². The van der Waals surface area contributed by atoms with Gasteiger partial charge in [0.1, 0.15) is 0 Å². The van der Waals surface area contributed by atoms with Crippen LogP contribution in [0.1, 0.15) is 52.4 Å². The third kappa shape index (κ3) is 2.56. The molecule has 2 aliphatic carbocycles. The topological polar surface area (TPSA) is 37.3 Å². The van der Waals surface area contributed by atoms with E-state index in [4.69, 9.17) is 0 Å². The lowest BCUT2D eigenvalue weighted by Crippen LogP contribution is -2.32. The minimum Gasteiger partial charge on any atom is -0.481 e. The molecule has 2 rings (SSSR count). The summed E-state index contributed by atoms with van der Waals surface area (Å²) in [5.41, 5.74) is 1.56. The molecular weight excluding hydrogens is 212 g/mol. The zero-order chi connectivity index (χ0) is 12.4. The van der Waals surface area contributed by atoms with Crippen LogP contribution in [0.2, 0.25) is 0 Å². The number of rotatable bonds is 2. The van der Waals surface area contributed by atoms with Gasteiger partial charge in [0.25, 0.3) is 0 Å². The van der Waals surface area contributed by atoms with E-state index in [2.05, 4.69) is 19.9 Å². The Morgan fingerprint density at radius 3 is 2.47 bits per heavy atom. The van der Waals surface area contributed by atoms with Crippen molar-refractivity contribution in [2.45, 2.75) is 52.4 Å². The molecule has 17 heavy (non-hydrogen) atoms. The molecular formula is C15H24O2. The Bertz CT molecular complexity index is 313. The summed E-state index contributed by atoms with van der Waals surface area (Å²) >= 11 is 0. The first kappa shape index (κ1) is 12.7. The van der Waals surface area contributed by atoms with Gasteiger partial charge in [0, 0.05) is 0 Å². The molecule has 1 fully saturated rings. The molecule has 0 amide bonds. The van der Waals surface area contributed by atoms with Crippen molar-refractivity contribution in [1.82, 2.24) is 0 Å². The zero-order valence-electron chi connectivity index (χ0n) is 11.0. The predicted octanol–water partition coefficient (Wildman–Crippen LogP) is 3.87. The highest BCUT2D eigenvalue weighted by atomic mass is 16.4. The van der Waals surface area contributed by atoms with Crippen LogP contribution in [0.15, 0.2) is 11.6 Å². The van der Waals surface area contributed by atoms with Gasteiger partial charge >= 0.3 is 5.97 Å². The highest BCUT2D eigenvalue weighted by molar-refractivity contribution is 5.71. The van der Waals surface area contributed by atoms with E-state index < -0.39 is 5.97 Å². The fourth-order valence-corrected chi connectivity index (χ4v) is 3.62. The van der Waals surface area contributed by atoms with Gasteiger partial charge < -0.3 is 5.11 Å². The summed E-state index contributed by atoms with van der Waals surface area (Å²) in [6.07, 6.45) is 9.72. The van der Waals surface area contributed by atoms with Gasteiger partial charge in [-0.2, -0.15) is 0 Å². The Morgan fingerprint density at radius 1 is 1.24 bits per heavy atom. The van der Waals surface area contributed by atoms with Gasteiger partial charge in [0.15, 0.2) is 0 Å². The minimum absolute atomic E-state index is 0.169. The summed E-state index contributed by atoms with van der Waals surface area (Å²) in [5, 5.41) is 9.19. The van der Waals surface area contributed by atoms with E-state index in [1.165, 1.54) is 32.1 Å². The van der Waals surface area contributed by atoms with Crippen molar-refractivity contribution in [3.05, 3.63) is 11.6 Å². The lowest BCUT2D eigenvalue weighted by atomic mass is 9.68. The Morgan fingerprint density at radius 2 is 1.88 bits per heavy atom. The van der Waals surface area contributed by atoms with Crippen LogP contribution in [0.4, 0.5) is 0 Å². The van der Waals surface area contributed by atoms with Crippen LogP contribution in [-0.2, 0) is 4.79 Å². The highest BCUT2D eigenvalue weighted by Gasteiger charge is 2.35. The molecule has 0 radical (unpaired) electrons. The van der Waals surface area contributed by atoms with E-state index in [1.807, 2.05) is 0 Å². The van der Waals surface area contributed by atoms with Crippen molar-refractivity contribution >= 4 is 5.97 Å². The third-order valence-corrected chi connectivity index (χ3v) is 4.95. The van der Waals surface area contributed by atoms with Gasteiger partial charge in [-0.3, -0.25) is 4.79 Å². The van der Waals surface area contributed by atoms with Gasteiger partial charge in [-0.25, -0.2) is 0 Å². The monoisotopic (exact) mass is 236 g/mol. The SMILES string of the molecule is C[C@@H]1[C@H](C)C(C2CCCCC2)=CC[C@@H]1C(=O)O. The van der Waals surface area contributed by atoms with Crippen molar-refractivity contribution in [1.29, 1.82) is 0 Å². The first-order valence-corrected chi connectivity index (χ1v) is 7.04. The standard InChI is InChI=1S/C15H24O2/c1-10-11(2)14(15(16)17)9-8-13(10)12-6-4-3-5-7-12/h8,10-12,14H,3-7,9H2,1-2H3,(H,16,17)/t10-,11+,14-/m0/s1. The second-order valence-corrected chi connectivity index (χ2v) is 5.87. The molecule has 0 bridgehead atoms. The minimum atomic E-state index is -0.622. The van der Waals surface area contributed by atoms with E-state index in [0.29, 0.717) is 5.92 Å². The van der Waals surface area contributed by atoms with E-state index in [1.54, 1.807) is 5.57 Å². The maximum absolute atomic E-state index is 11.2. The molecule has 0 unspecified atom stereocenters. The van der Waals surface area contributed by atoms with Crippen molar-refractivity contribution in [2.75, 3.05) is 0 Å². The van der Waals surface area contributed by atoms with Crippen LogP contribution in [-0.4, -0.2) is 11.1 Å². The molecule has 1 N–H and O–H groups in total. The molecule has 2 aliphatic rings. The highest BCUT2D eigenvalue weighted by Crippen LogP contribution is 2.42. The zero-order valence-corrected chi connectivity index (χ0v) is 11.0. The molecule has 0 aromatic rings. The number of hydrogen-bond donors (Lipinski definition) is 1. The van der Waals surface area contributed by atoms with Gasteiger partial charge in [0.05, 0.1) is 5.92 Å². The molecule has 0 aliphatic heterocycles. The molecule has 2 nitrogen and oxygen atoms in total. The van der Waals surface area contributed by atoms with E-state index >= 15 is 0 Å². The summed E-state index contributed by atoms with van der Waals surface area (Å²) in [6.45, 7) is 4.33. The lowest BCUT2D eigenvalue weighted by Gasteiger charge is -2.37. The van der Waals surface area contributed by atoms with Crippen LogP contribution in [0, 0.1) is 23.7 Å². The molecule has 1 saturated carbocycles. The average Bonchev–Trinajstić information content (AvgIpc) is 2.33. The van der Waals surface area contributed by atoms with Crippen LogP contribution in [0.5, 0.6) is 0 Å². The van der Waals surface area contributed by atoms with Crippen LogP contribution in [0.3, 0.4) is 0 Å². The van der Waals surface area contributed by atoms with Gasteiger partial charge in [0.2, 0.25) is 0 Å². The summed E-state index contributed by atoms with van der Waals surface area (Å²) in [7, 11) is 0. The Kier molecular flexibility index (Phi) is 3.90. The fraction of sp³-hybridized carbons (Fsp3) is 0.800. The summed E-state index contributed by atoms with van der Waals surface area (Å²) in [5.74, 6) is 0.693. The normalized spacial score (nSPS) is 35.4. The number of hydrogen-bond acceptors (Lipinski definition) is 1. The second-order valence-electron chi connectivity index (χ2n) is 5.87. The average molecular weight is 236 g/mol. The van der Waals surface area contributed by atoms with Crippen LogP contribution in [0.25, 0.3) is 0 Å². The Hall–Kier alpha value is -0.790. The first-order valence-electron chi connectivity index (χ1n) is 7.04. The number of carboxylic acids is 1. The van der Waals surface area contributed by atoms with Crippen molar-refractivity contribution in [3.63, 3.8) is 0 Å². The number of carboxylic acid groups (broad SMARTS) is 1. The quantitative estimate of drug-likeness (QED) is 0.739. The number of allylic oxidation sites excluding steroid dienone is 2. The van der Waals surface area contributed by atoms with E-state index in [0.717, 1.165) is 12.3 Å². The molecule has 3 atom stereocenters. The Labute approximate surface area is 104 Å². The van der Waals surface area contributed by atoms with E-state index in [-0.39, 0.29) is 11.8 Å². The summed E-state index contributed by atoms with van der Waals surface area (Å²) < 4.78 is 0. The van der Waals surface area contributed by atoms with Gasteiger partial charge in [-0.15, -0.1) is 0 Å². The maximum atomic E-state index is 11.2.